The number of H-pyrrole nitrogens is 1. The lowest BCUT2D eigenvalue weighted by atomic mass is 9.96. The van der Waals surface area contributed by atoms with E-state index in [1.54, 1.807) is 13.2 Å². The van der Waals surface area contributed by atoms with E-state index in [9.17, 15) is 4.79 Å². The molecule has 2 aromatic carbocycles. The molecule has 0 amide bonds. The fourth-order valence-corrected chi connectivity index (χ4v) is 4.97. The first-order valence-electron chi connectivity index (χ1n) is 12.8. The maximum atomic E-state index is 12.6. The molecule has 0 spiro atoms. The van der Waals surface area contributed by atoms with Gasteiger partial charge in [-0.2, -0.15) is 0 Å². The van der Waals surface area contributed by atoms with Crippen molar-refractivity contribution in [2.75, 3.05) is 43.6 Å². The van der Waals surface area contributed by atoms with Crippen LogP contribution < -0.4 is 20.5 Å². The van der Waals surface area contributed by atoms with Gasteiger partial charge in [0.1, 0.15) is 11.5 Å². The molecule has 1 saturated heterocycles. The molecule has 8 heteroatoms. The summed E-state index contributed by atoms with van der Waals surface area (Å²) in [6.45, 7) is 4.05. The van der Waals surface area contributed by atoms with Gasteiger partial charge in [0.05, 0.1) is 31.2 Å². The van der Waals surface area contributed by atoms with Gasteiger partial charge in [-0.1, -0.05) is 18.2 Å². The molecule has 4 aromatic rings. The number of aromatic nitrogens is 2. The minimum atomic E-state index is -0.128. The minimum absolute atomic E-state index is 0.128. The first-order chi connectivity index (χ1) is 18.7. The maximum absolute atomic E-state index is 12.6. The lowest BCUT2D eigenvalue weighted by molar-refractivity contribution is 0.122. The van der Waals surface area contributed by atoms with Crippen LogP contribution in [0.4, 0.5) is 11.4 Å². The molecule has 0 unspecified atom stereocenters. The first-order valence-corrected chi connectivity index (χ1v) is 12.8. The zero-order valence-electron chi connectivity index (χ0n) is 21.3. The summed E-state index contributed by atoms with van der Waals surface area (Å²) in [6, 6.07) is 20.0. The lowest BCUT2D eigenvalue weighted by Crippen LogP contribution is -2.36. The highest BCUT2D eigenvalue weighted by Crippen LogP contribution is 2.43. The minimum Gasteiger partial charge on any atom is -0.456 e. The summed E-state index contributed by atoms with van der Waals surface area (Å²) in [7, 11) is 1.67. The van der Waals surface area contributed by atoms with E-state index in [1.165, 1.54) is 0 Å². The number of rotatable bonds is 7. The fourth-order valence-electron chi connectivity index (χ4n) is 4.97. The summed E-state index contributed by atoms with van der Waals surface area (Å²) in [5.41, 5.74) is 7.65. The first kappa shape index (κ1) is 24.2. The van der Waals surface area contributed by atoms with E-state index in [4.69, 9.17) is 14.2 Å². The van der Waals surface area contributed by atoms with Crippen molar-refractivity contribution >= 4 is 11.4 Å². The third-order valence-electron chi connectivity index (χ3n) is 6.92. The molecule has 0 bridgehead atoms. The number of morpholine rings is 1. The topological polar surface area (TPSA) is 88.7 Å². The van der Waals surface area contributed by atoms with Crippen molar-refractivity contribution in [1.82, 2.24) is 9.97 Å². The van der Waals surface area contributed by atoms with Crippen LogP contribution in [0.2, 0.25) is 0 Å². The summed E-state index contributed by atoms with van der Waals surface area (Å²) in [6.07, 6.45) is 2.62. The lowest BCUT2D eigenvalue weighted by Gasteiger charge is -2.29. The highest BCUT2D eigenvalue weighted by atomic mass is 16.5. The van der Waals surface area contributed by atoms with Crippen LogP contribution in [0.3, 0.4) is 0 Å². The number of para-hydroxylation sites is 1. The summed E-state index contributed by atoms with van der Waals surface area (Å²) in [5, 5.41) is 3.49. The monoisotopic (exact) mass is 510 g/mol. The van der Waals surface area contributed by atoms with E-state index in [1.807, 2.05) is 42.6 Å². The smallest absolute Gasteiger partial charge is 0.250 e. The number of pyridine rings is 2. The number of ether oxygens (including phenoxy) is 3. The van der Waals surface area contributed by atoms with Crippen molar-refractivity contribution in [3.8, 4) is 22.8 Å². The number of fused-ring (bicyclic) bond motifs is 2. The van der Waals surface area contributed by atoms with Crippen molar-refractivity contribution in [3.05, 3.63) is 99.6 Å². The quantitative estimate of drug-likeness (QED) is 0.327. The SMILES string of the molecule is COCc1ccc(CNc2ccc3c(c2)Cc2cccc(-c4cc(N5CCOCC5)cc(=O)[nH]4)c2O3)cn1. The van der Waals surface area contributed by atoms with Crippen molar-refractivity contribution in [2.45, 2.75) is 19.6 Å². The van der Waals surface area contributed by atoms with E-state index in [2.05, 4.69) is 38.4 Å². The van der Waals surface area contributed by atoms with Crippen LogP contribution >= 0.6 is 0 Å². The van der Waals surface area contributed by atoms with E-state index >= 15 is 0 Å². The number of anilines is 2. The number of methoxy groups -OCH3 is 1. The van der Waals surface area contributed by atoms with Crippen LogP contribution in [0.15, 0.2) is 71.7 Å². The molecule has 2 aliphatic heterocycles. The van der Waals surface area contributed by atoms with Gasteiger partial charge in [0, 0.05) is 67.9 Å². The van der Waals surface area contributed by atoms with Gasteiger partial charge in [-0.15, -0.1) is 0 Å². The molecule has 0 aliphatic carbocycles. The molecule has 2 aliphatic rings. The van der Waals surface area contributed by atoms with Gasteiger partial charge in [0.25, 0.3) is 0 Å². The summed E-state index contributed by atoms with van der Waals surface area (Å²) in [4.78, 5) is 22.2. The Hall–Kier alpha value is -4.14. The second-order valence-electron chi connectivity index (χ2n) is 9.56. The Morgan fingerprint density at radius 3 is 2.76 bits per heavy atom. The molecular formula is C30H30N4O4. The summed E-state index contributed by atoms with van der Waals surface area (Å²) in [5.74, 6) is 1.62. The molecule has 4 heterocycles. The normalized spacial score (nSPS) is 14.4. The Balaban J connectivity index is 1.22. The van der Waals surface area contributed by atoms with E-state index in [-0.39, 0.29) is 5.56 Å². The number of nitrogens with one attached hydrogen (secondary N) is 2. The number of hydrogen-bond acceptors (Lipinski definition) is 7. The van der Waals surface area contributed by atoms with Crippen LogP contribution in [0, 0.1) is 0 Å². The number of hydrogen-bond donors (Lipinski definition) is 2. The maximum Gasteiger partial charge on any atom is 0.250 e. The third-order valence-corrected chi connectivity index (χ3v) is 6.92. The van der Waals surface area contributed by atoms with Gasteiger partial charge in [-0.05, 0) is 47.5 Å². The Bertz CT molecular complexity index is 1490. The fraction of sp³-hybridized carbons (Fsp3) is 0.267. The second kappa shape index (κ2) is 10.7. The standard InChI is InChI=1S/C30H30N4O4/c1-36-19-24-6-5-20(18-32-24)17-31-23-7-8-28-22(14-23)13-21-3-2-4-26(30(21)38-28)27-15-25(16-29(35)33-27)34-9-11-37-12-10-34/h2-8,14-16,18,31H,9-13,17,19H2,1H3,(H,33,35). The number of benzene rings is 2. The van der Waals surface area contributed by atoms with Crippen molar-refractivity contribution in [3.63, 3.8) is 0 Å². The van der Waals surface area contributed by atoms with E-state index in [0.29, 0.717) is 26.4 Å². The molecular weight excluding hydrogens is 480 g/mol. The summed E-state index contributed by atoms with van der Waals surface area (Å²) < 4.78 is 17.0. The molecule has 0 radical (unpaired) electrons. The number of nitrogens with zero attached hydrogens (tertiary/aromatic N) is 2. The highest BCUT2D eigenvalue weighted by Gasteiger charge is 2.22. The molecule has 8 nitrogen and oxygen atoms in total. The molecule has 1 fully saturated rings. The number of aromatic amines is 1. The zero-order chi connectivity index (χ0) is 25.9. The predicted molar refractivity (Wildman–Crippen MR) is 147 cm³/mol. The van der Waals surface area contributed by atoms with Gasteiger partial charge in [0.15, 0.2) is 0 Å². The second-order valence-corrected chi connectivity index (χ2v) is 9.56. The molecule has 0 saturated carbocycles. The van der Waals surface area contributed by atoms with Crippen LogP contribution in [-0.2, 0) is 29.0 Å². The van der Waals surface area contributed by atoms with Crippen LogP contribution in [0.1, 0.15) is 22.4 Å². The van der Waals surface area contributed by atoms with Gasteiger partial charge >= 0.3 is 0 Å². The average molecular weight is 511 g/mol. The van der Waals surface area contributed by atoms with Crippen LogP contribution in [-0.4, -0.2) is 43.4 Å². The van der Waals surface area contributed by atoms with Gasteiger partial charge in [-0.25, -0.2) is 0 Å². The van der Waals surface area contributed by atoms with E-state index < -0.39 is 0 Å². The molecule has 0 atom stereocenters. The largest absolute Gasteiger partial charge is 0.456 e. The van der Waals surface area contributed by atoms with Crippen molar-refractivity contribution in [2.24, 2.45) is 0 Å². The Kier molecular flexibility index (Phi) is 6.81. The molecule has 38 heavy (non-hydrogen) atoms. The molecule has 2 aromatic heterocycles. The zero-order valence-corrected chi connectivity index (χ0v) is 21.3. The van der Waals surface area contributed by atoms with Gasteiger partial charge in [0.2, 0.25) is 5.56 Å². The van der Waals surface area contributed by atoms with Crippen molar-refractivity contribution < 1.29 is 14.2 Å². The summed E-state index contributed by atoms with van der Waals surface area (Å²) >= 11 is 0. The van der Waals surface area contributed by atoms with Crippen molar-refractivity contribution in [1.29, 1.82) is 0 Å². The van der Waals surface area contributed by atoms with Crippen LogP contribution in [0.25, 0.3) is 11.3 Å². The van der Waals surface area contributed by atoms with Gasteiger partial charge < -0.3 is 29.4 Å². The Morgan fingerprint density at radius 2 is 1.95 bits per heavy atom. The Labute approximate surface area is 221 Å². The van der Waals surface area contributed by atoms with Gasteiger partial charge in [-0.3, -0.25) is 9.78 Å². The molecule has 6 rings (SSSR count). The predicted octanol–water partition coefficient (Wildman–Crippen LogP) is 4.73. The van der Waals surface area contributed by atoms with E-state index in [0.717, 1.165) is 76.0 Å². The van der Waals surface area contributed by atoms with Crippen LogP contribution in [0.5, 0.6) is 11.5 Å². The third kappa shape index (κ3) is 5.14. The highest BCUT2D eigenvalue weighted by molar-refractivity contribution is 5.74. The molecule has 194 valence electrons. The average Bonchev–Trinajstić information content (AvgIpc) is 2.95. The Morgan fingerprint density at radius 1 is 1.05 bits per heavy atom. The molecule has 2 N–H and O–H groups in total.